The van der Waals surface area contributed by atoms with Gasteiger partial charge in [-0.3, -0.25) is 9.59 Å². The first kappa shape index (κ1) is 27.3. The third-order valence-electron chi connectivity index (χ3n) is 4.63. The summed E-state index contributed by atoms with van der Waals surface area (Å²) in [5, 5.41) is 5.78. The van der Waals surface area contributed by atoms with Crippen LogP contribution < -0.4 is 10.6 Å². The van der Waals surface area contributed by atoms with Crippen molar-refractivity contribution in [3.8, 4) is 0 Å². The predicted molar refractivity (Wildman–Crippen MR) is 131 cm³/mol. The molecular weight excluding hydrogens is 459 g/mol. The predicted octanol–water partition coefficient (Wildman–Crippen LogP) is 5.26. The first-order valence-electron chi connectivity index (χ1n) is 11.0. The molecule has 0 radical (unpaired) electrons. The first-order chi connectivity index (χ1) is 15.6. The minimum absolute atomic E-state index is 0.0676. The van der Waals surface area contributed by atoms with Crippen molar-refractivity contribution in [3.05, 3.63) is 70.0 Å². The standard InChI is InChI=1S/C26H32ClFN2O4/c1-25(2,3)30-23(32)19-15-18(27)12-11-16(19)14-22(31)21(29-24(33)34-26(4,5)6)13-17-9-7-8-10-20(17)28/h7-12,15,21H,13-14H2,1-6H3,(H,29,33)(H,30,32). The molecule has 2 aromatic rings. The number of hydrogen-bond acceptors (Lipinski definition) is 4. The molecular formula is C26H32ClFN2O4. The van der Waals surface area contributed by atoms with E-state index in [1.54, 1.807) is 51.1 Å². The Hall–Kier alpha value is -2.93. The molecule has 1 unspecified atom stereocenters. The van der Waals surface area contributed by atoms with Gasteiger partial charge in [-0.05, 0) is 70.9 Å². The van der Waals surface area contributed by atoms with Gasteiger partial charge in [-0.1, -0.05) is 35.9 Å². The molecule has 2 aromatic carbocycles. The minimum atomic E-state index is -1.07. The lowest BCUT2D eigenvalue weighted by molar-refractivity contribution is -0.120. The van der Waals surface area contributed by atoms with E-state index in [4.69, 9.17) is 16.3 Å². The Morgan fingerprint density at radius 3 is 2.24 bits per heavy atom. The molecule has 184 valence electrons. The largest absolute Gasteiger partial charge is 0.444 e. The second-order valence-electron chi connectivity index (χ2n) is 10.1. The maximum Gasteiger partial charge on any atom is 0.408 e. The number of benzene rings is 2. The highest BCUT2D eigenvalue weighted by Crippen LogP contribution is 2.20. The first-order valence-corrected chi connectivity index (χ1v) is 11.4. The summed E-state index contributed by atoms with van der Waals surface area (Å²) in [5.41, 5.74) is -0.284. The molecule has 0 aliphatic heterocycles. The number of ether oxygens (including phenoxy) is 1. The molecule has 0 aliphatic rings. The van der Waals surface area contributed by atoms with Crippen molar-refractivity contribution in [1.82, 2.24) is 10.6 Å². The quantitative estimate of drug-likeness (QED) is 0.554. The van der Waals surface area contributed by atoms with Gasteiger partial charge < -0.3 is 15.4 Å². The van der Waals surface area contributed by atoms with Crippen molar-refractivity contribution < 1.29 is 23.5 Å². The lowest BCUT2D eigenvalue weighted by Gasteiger charge is -2.24. The van der Waals surface area contributed by atoms with E-state index in [-0.39, 0.29) is 29.9 Å². The van der Waals surface area contributed by atoms with Crippen molar-refractivity contribution in [3.63, 3.8) is 0 Å². The van der Waals surface area contributed by atoms with E-state index in [9.17, 15) is 18.8 Å². The van der Waals surface area contributed by atoms with Gasteiger partial charge in [0.05, 0.1) is 6.04 Å². The lowest BCUT2D eigenvalue weighted by atomic mass is 9.94. The molecule has 8 heteroatoms. The zero-order valence-corrected chi connectivity index (χ0v) is 21.2. The van der Waals surface area contributed by atoms with Crippen LogP contribution in [0.15, 0.2) is 42.5 Å². The van der Waals surface area contributed by atoms with Gasteiger partial charge >= 0.3 is 6.09 Å². The summed E-state index contributed by atoms with van der Waals surface area (Å²) in [6.45, 7) is 10.6. The molecule has 6 nitrogen and oxygen atoms in total. The van der Waals surface area contributed by atoms with E-state index < -0.39 is 34.9 Å². The van der Waals surface area contributed by atoms with Gasteiger partial charge in [-0.15, -0.1) is 0 Å². The van der Waals surface area contributed by atoms with Crippen LogP contribution in [-0.2, 0) is 22.4 Å². The molecule has 0 bridgehead atoms. The average molecular weight is 491 g/mol. The normalized spacial score (nSPS) is 12.6. The van der Waals surface area contributed by atoms with Crippen LogP contribution in [0.1, 0.15) is 63.0 Å². The molecule has 2 rings (SSSR count). The summed E-state index contributed by atoms with van der Waals surface area (Å²) < 4.78 is 19.6. The van der Waals surface area contributed by atoms with E-state index in [0.29, 0.717) is 10.6 Å². The topological polar surface area (TPSA) is 84.5 Å². The van der Waals surface area contributed by atoms with Crippen LogP contribution in [0.25, 0.3) is 0 Å². The van der Waals surface area contributed by atoms with Crippen LogP contribution in [0.4, 0.5) is 9.18 Å². The van der Waals surface area contributed by atoms with Gasteiger partial charge in [0.25, 0.3) is 5.91 Å². The van der Waals surface area contributed by atoms with Gasteiger partial charge in [-0.25, -0.2) is 9.18 Å². The van der Waals surface area contributed by atoms with Crippen LogP contribution in [0.2, 0.25) is 5.02 Å². The zero-order chi connectivity index (χ0) is 25.7. The Morgan fingerprint density at radius 2 is 1.65 bits per heavy atom. The number of nitrogens with one attached hydrogen (secondary N) is 2. The smallest absolute Gasteiger partial charge is 0.408 e. The molecule has 0 aromatic heterocycles. The Balaban J connectivity index is 2.33. The van der Waals surface area contributed by atoms with Crippen molar-refractivity contribution in [1.29, 1.82) is 0 Å². The summed E-state index contributed by atoms with van der Waals surface area (Å²) >= 11 is 6.11. The van der Waals surface area contributed by atoms with Gasteiger partial charge in [0.15, 0.2) is 5.78 Å². The van der Waals surface area contributed by atoms with Gasteiger partial charge in [0.2, 0.25) is 0 Å². The van der Waals surface area contributed by atoms with Crippen LogP contribution in [0, 0.1) is 5.82 Å². The summed E-state index contributed by atoms with van der Waals surface area (Å²) in [6, 6.07) is 9.66. The van der Waals surface area contributed by atoms with E-state index in [0.717, 1.165) is 0 Å². The molecule has 2 N–H and O–H groups in total. The van der Waals surface area contributed by atoms with Crippen molar-refractivity contribution in [2.45, 2.75) is 71.6 Å². The summed E-state index contributed by atoms with van der Waals surface area (Å²) in [4.78, 5) is 38.6. The third-order valence-corrected chi connectivity index (χ3v) is 4.87. The highest BCUT2D eigenvalue weighted by atomic mass is 35.5. The van der Waals surface area contributed by atoms with Crippen LogP contribution in [0.5, 0.6) is 0 Å². The molecule has 0 fully saturated rings. The fraction of sp³-hybridized carbons (Fsp3) is 0.423. The fourth-order valence-electron chi connectivity index (χ4n) is 3.21. The molecule has 0 saturated heterocycles. The fourth-order valence-corrected chi connectivity index (χ4v) is 3.38. The number of amides is 2. The monoisotopic (exact) mass is 490 g/mol. The number of Topliss-reactive ketones (excluding diaryl/α,β-unsaturated/α-hetero) is 1. The average Bonchev–Trinajstić information content (AvgIpc) is 2.67. The molecule has 34 heavy (non-hydrogen) atoms. The molecule has 2 amide bonds. The Morgan fingerprint density at radius 1 is 1.00 bits per heavy atom. The highest BCUT2D eigenvalue weighted by Gasteiger charge is 2.27. The van der Waals surface area contributed by atoms with Gasteiger partial charge in [-0.2, -0.15) is 0 Å². The van der Waals surface area contributed by atoms with Crippen molar-refractivity contribution in [2.24, 2.45) is 0 Å². The Kier molecular flexibility index (Phi) is 8.83. The lowest BCUT2D eigenvalue weighted by Crippen LogP contribution is -2.45. The summed E-state index contributed by atoms with van der Waals surface area (Å²) in [6.07, 6.45) is -1.02. The number of rotatable bonds is 7. The number of carbonyl (C=O) groups excluding carboxylic acids is 3. The number of ketones is 1. The van der Waals surface area contributed by atoms with E-state index in [1.165, 1.54) is 12.1 Å². The van der Waals surface area contributed by atoms with E-state index >= 15 is 0 Å². The van der Waals surface area contributed by atoms with E-state index in [2.05, 4.69) is 10.6 Å². The summed E-state index contributed by atoms with van der Waals surface area (Å²) in [7, 11) is 0. The number of carbonyl (C=O) groups is 3. The zero-order valence-electron chi connectivity index (χ0n) is 20.4. The molecule has 0 spiro atoms. The van der Waals surface area contributed by atoms with Gasteiger partial charge in [0, 0.05) is 29.0 Å². The SMILES string of the molecule is CC(C)(C)NC(=O)c1cc(Cl)ccc1CC(=O)C(Cc1ccccc1F)NC(=O)OC(C)(C)C. The third kappa shape index (κ3) is 8.78. The highest BCUT2D eigenvalue weighted by molar-refractivity contribution is 6.31. The maximum atomic E-state index is 14.3. The van der Waals surface area contributed by atoms with Crippen molar-refractivity contribution in [2.75, 3.05) is 0 Å². The second kappa shape index (κ2) is 11.0. The number of alkyl carbamates (subject to hydrolysis) is 1. The van der Waals surface area contributed by atoms with Crippen LogP contribution in [-0.4, -0.2) is 35.0 Å². The molecule has 1 atom stereocenters. The minimum Gasteiger partial charge on any atom is -0.444 e. The number of hydrogen-bond donors (Lipinski definition) is 2. The van der Waals surface area contributed by atoms with Crippen LogP contribution >= 0.6 is 11.6 Å². The van der Waals surface area contributed by atoms with Crippen molar-refractivity contribution >= 4 is 29.4 Å². The summed E-state index contributed by atoms with van der Waals surface area (Å²) in [5.74, 6) is -1.26. The molecule has 0 saturated carbocycles. The number of halogens is 2. The van der Waals surface area contributed by atoms with E-state index in [1.807, 2.05) is 20.8 Å². The Bertz CT molecular complexity index is 1060. The molecule has 0 heterocycles. The van der Waals surface area contributed by atoms with Crippen LogP contribution in [0.3, 0.4) is 0 Å². The second-order valence-corrected chi connectivity index (χ2v) is 10.6. The van der Waals surface area contributed by atoms with Gasteiger partial charge in [0.1, 0.15) is 11.4 Å². The molecule has 0 aliphatic carbocycles. The maximum absolute atomic E-state index is 14.3. The Labute approximate surface area is 205 Å².